The lowest BCUT2D eigenvalue weighted by atomic mass is 9.98. The third-order valence-corrected chi connectivity index (χ3v) is 2.98. The topological polar surface area (TPSA) is 47.0 Å². The van der Waals surface area contributed by atoms with Gasteiger partial charge in [0.05, 0.1) is 13.2 Å². The van der Waals surface area contributed by atoms with Crippen LogP contribution in [0.2, 0.25) is 0 Å². The van der Waals surface area contributed by atoms with E-state index in [0.29, 0.717) is 5.88 Å². The Balaban J connectivity index is 2.49. The number of aromatic nitrogens is 2. The summed E-state index contributed by atoms with van der Waals surface area (Å²) >= 11 is 0. The molecule has 1 atom stereocenters. The van der Waals surface area contributed by atoms with E-state index in [1.165, 1.54) is 5.56 Å². The Bertz CT molecular complexity index is 528. The van der Waals surface area contributed by atoms with E-state index in [0.717, 1.165) is 11.1 Å². The Morgan fingerprint density at radius 3 is 2.72 bits per heavy atom. The highest BCUT2D eigenvalue weighted by Crippen LogP contribution is 2.29. The summed E-state index contributed by atoms with van der Waals surface area (Å²) in [5.74, 6) is 0.639. The van der Waals surface area contributed by atoms with Gasteiger partial charge in [-0.1, -0.05) is 6.07 Å². The molecular weight excluding hydrogens is 226 g/mol. The van der Waals surface area contributed by atoms with E-state index in [4.69, 9.17) is 4.74 Å². The van der Waals surface area contributed by atoms with E-state index in [1.807, 2.05) is 31.4 Å². The summed E-state index contributed by atoms with van der Waals surface area (Å²) in [5, 5.41) is 3.29. The van der Waals surface area contributed by atoms with Crippen molar-refractivity contribution in [2.75, 3.05) is 14.2 Å². The van der Waals surface area contributed by atoms with Gasteiger partial charge in [-0.2, -0.15) is 0 Å². The van der Waals surface area contributed by atoms with Crippen LogP contribution in [0.5, 0.6) is 5.88 Å². The Morgan fingerprint density at radius 2 is 2.06 bits per heavy atom. The van der Waals surface area contributed by atoms with Gasteiger partial charge in [-0.15, -0.1) is 0 Å². The zero-order valence-corrected chi connectivity index (χ0v) is 10.8. The minimum Gasteiger partial charge on any atom is -0.481 e. The second-order valence-electron chi connectivity index (χ2n) is 4.06. The number of ether oxygens (including phenoxy) is 1. The monoisotopic (exact) mass is 243 g/mol. The van der Waals surface area contributed by atoms with E-state index in [2.05, 4.69) is 22.2 Å². The van der Waals surface area contributed by atoms with Gasteiger partial charge in [0, 0.05) is 24.2 Å². The molecule has 0 bridgehead atoms. The fraction of sp³-hybridized carbons (Fsp3) is 0.286. The standard InChI is InChI=1S/C14H17N3O/c1-10-6-8-16-9-12(10)13(15-2)11-5-4-7-17-14(11)18-3/h4-9,13,15H,1-3H3. The molecule has 2 rings (SSSR count). The third-order valence-electron chi connectivity index (χ3n) is 2.98. The molecule has 94 valence electrons. The maximum absolute atomic E-state index is 5.32. The third kappa shape index (κ3) is 2.33. The van der Waals surface area contributed by atoms with Crippen LogP contribution in [-0.2, 0) is 0 Å². The van der Waals surface area contributed by atoms with Crippen molar-refractivity contribution in [1.29, 1.82) is 0 Å². The van der Waals surface area contributed by atoms with Gasteiger partial charge < -0.3 is 10.1 Å². The van der Waals surface area contributed by atoms with Crippen LogP contribution in [0.15, 0.2) is 36.8 Å². The molecule has 4 heteroatoms. The number of aryl methyl sites for hydroxylation is 1. The quantitative estimate of drug-likeness (QED) is 0.893. The summed E-state index contributed by atoms with van der Waals surface area (Å²) in [7, 11) is 3.55. The molecule has 0 saturated heterocycles. The molecule has 0 aliphatic carbocycles. The summed E-state index contributed by atoms with van der Waals surface area (Å²) < 4.78 is 5.32. The van der Waals surface area contributed by atoms with Gasteiger partial charge in [-0.25, -0.2) is 4.98 Å². The summed E-state index contributed by atoms with van der Waals surface area (Å²) in [6.45, 7) is 2.07. The van der Waals surface area contributed by atoms with E-state index < -0.39 is 0 Å². The van der Waals surface area contributed by atoms with Crippen LogP contribution >= 0.6 is 0 Å². The first-order chi connectivity index (χ1) is 8.77. The van der Waals surface area contributed by atoms with Gasteiger partial charge in [0.25, 0.3) is 0 Å². The highest BCUT2D eigenvalue weighted by atomic mass is 16.5. The second kappa shape index (κ2) is 5.60. The number of rotatable bonds is 4. The predicted molar refractivity (Wildman–Crippen MR) is 70.7 cm³/mol. The maximum Gasteiger partial charge on any atom is 0.218 e. The number of pyridine rings is 2. The molecule has 0 aliphatic rings. The van der Waals surface area contributed by atoms with Crippen molar-refractivity contribution in [2.45, 2.75) is 13.0 Å². The van der Waals surface area contributed by atoms with Gasteiger partial charge in [0.1, 0.15) is 0 Å². The van der Waals surface area contributed by atoms with Crippen LogP contribution < -0.4 is 10.1 Å². The molecule has 0 spiro atoms. The van der Waals surface area contributed by atoms with Gasteiger partial charge in [0.15, 0.2) is 0 Å². The molecule has 0 aromatic carbocycles. The summed E-state index contributed by atoms with van der Waals surface area (Å²) in [5.41, 5.74) is 3.33. The summed E-state index contributed by atoms with van der Waals surface area (Å²) in [6.07, 6.45) is 5.40. The molecule has 2 aromatic rings. The zero-order valence-electron chi connectivity index (χ0n) is 10.8. The van der Waals surface area contributed by atoms with Crippen molar-refractivity contribution in [1.82, 2.24) is 15.3 Å². The minimum absolute atomic E-state index is 0.0300. The molecular formula is C14H17N3O. The van der Waals surface area contributed by atoms with Gasteiger partial charge >= 0.3 is 0 Å². The van der Waals surface area contributed by atoms with E-state index in [9.17, 15) is 0 Å². The number of nitrogens with zero attached hydrogens (tertiary/aromatic N) is 2. The number of hydrogen-bond acceptors (Lipinski definition) is 4. The zero-order chi connectivity index (χ0) is 13.0. The van der Waals surface area contributed by atoms with Crippen LogP contribution in [0.25, 0.3) is 0 Å². The largest absolute Gasteiger partial charge is 0.481 e. The van der Waals surface area contributed by atoms with E-state index in [-0.39, 0.29) is 6.04 Å². The van der Waals surface area contributed by atoms with Crippen LogP contribution in [0, 0.1) is 6.92 Å². The first kappa shape index (κ1) is 12.5. The van der Waals surface area contributed by atoms with Crippen molar-refractivity contribution in [3.63, 3.8) is 0 Å². The maximum atomic E-state index is 5.32. The van der Waals surface area contributed by atoms with E-state index >= 15 is 0 Å². The van der Waals surface area contributed by atoms with Crippen molar-refractivity contribution in [3.8, 4) is 5.88 Å². The lowest BCUT2D eigenvalue weighted by Gasteiger charge is -2.20. The number of nitrogens with one attached hydrogen (secondary N) is 1. The van der Waals surface area contributed by atoms with Crippen LogP contribution in [-0.4, -0.2) is 24.1 Å². The number of methoxy groups -OCH3 is 1. The van der Waals surface area contributed by atoms with Crippen molar-refractivity contribution < 1.29 is 4.74 Å². The smallest absolute Gasteiger partial charge is 0.218 e. The minimum atomic E-state index is 0.0300. The second-order valence-corrected chi connectivity index (χ2v) is 4.06. The van der Waals surface area contributed by atoms with Crippen molar-refractivity contribution in [2.24, 2.45) is 0 Å². The molecule has 1 N–H and O–H groups in total. The molecule has 2 aromatic heterocycles. The van der Waals surface area contributed by atoms with Gasteiger partial charge in [0.2, 0.25) is 5.88 Å². The number of hydrogen-bond donors (Lipinski definition) is 1. The summed E-state index contributed by atoms with van der Waals surface area (Å²) in [4.78, 5) is 8.43. The Labute approximate surface area is 107 Å². The first-order valence-corrected chi connectivity index (χ1v) is 5.84. The lowest BCUT2D eigenvalue weighted by molar-refractivity contribution is 0.388. The van der Waals surface area contributed by atoms with E-state index in [1.54, 1.807) is 19.5 Å². The van der Waals surface area contributed by atoms with Gasteiger partial charge in [-0.3, -0.25) is 4.98 Å². The van der Waals surface area contributed by atoms with Gasteiger partial charge in [-0.05, 0) is 37.2 Å². The molecule has 0 fully saturated rings. The molecule has 0 saturated carbocycles. The normalized spacial score (nSPS) is 12.2. The van der Waals surface area contributed by atoms with Crippen LogP contribution in [0.1, 0.15) is 22.7 Å². The molecule has 0 radical (unpaired) electrons. The lowest BCUT2D eigenvalue weighted by Crippen LogP contribution is -2.20. The van der Waals surface area contributed by atoms with Crippen LogP contribution in [0.4, 0.5) is 0 Å². The first-order valence-electron chi connectivity index (χ1n) is 5.84. The molecule has 1 unspecified atom stereocenters. The molecule has 2 heterocycles. The highest BCUT2D eigenvalue weighted by Gasteiger charge is 2.18. The fourth-order valence-corrected chi connectivity index (χ4v) is 2.05. The van der Waals surface area contributed by atoms with Crippen LogP contribution in [0.3, 0.4) is 0 Å². The molecule has 4 nitrogen and oxygen atoms in total. The SMILES string of the molecule is CNC(c1cnccc1C)c1cccnc1OC. The molecule has 0 aliphatic heterocycles. The Hall–Kier alpha value is -1.94. The average molecular weight is 243 g/mol. The highest BCUT2D eigenvalue weighted by molar-refractivity contribution is 5.39. The molecule has 18 heavy (non-hydrogen) atoms. The molecule has 0 amide bonds. The van der Waals surface area contributed by atoms with Crippen molar-refractivity contribution >= 4 is 0 Å². The fourth-order valence-electron chi connectivity index (χ4n) is 2.05. The summed E-state index contributed by atoms with van der Waals surface area (Å²) in [6, 6.07) is 5.96. The Kier molecular flexibility index (Phi) is 3.89. The predicted octanol–water partition coefficient (Wildman–Crippen LogP) is 2.10. The Morgan fingerprint density at radius 1 is 1.22 bits per heavy atom. The van der Waals surface area contributed by atoms with Crippen molar-refractivity contribution in [3.05, 3.63) is 53.5 Å². The average Bonchev–Trinajstić information content (AvgIpc) is 2.42.